The number of nitrogens with two attached hydrogens (primary N) is 2. The minimum absolute atomic E-state index is 0.00601. The van der Waals surface area contributed by atoms with Crippen molar-refractivity contribution in [2.24, 2.45) is 5.84 Å². The number of hydrogen-bond donors (Lipinski definition) is 4. The van der Waals surface area contributed by atoms with E-state index in [2.05, 4.69) is 25.6 Å². The van der Waals surface area contributed by atoms with Gasteiger partial charge in [0.15, 0.2) is 35.2 Å². The first-order chi connectivity index (χ1) is 24.7. The number of nitrogens with one attached hydrogen (secondary N) is 2. The standard InChI is InChI=1S/C12H9FN4O3S.C11H9FN4O2S.C7H9FN2O2S/c1-21(19,20)7-2-3-10(9(13)4-7)17-11-8(5-16-17)12(18)15-6-14-11;1-19(17,18)8-2-3-10(9(12)4-8)16-11(14)7(5-13)6-15-16;1-13(11,12)5-2-3-7(10-9)6(8)4-5/h2-6H,1H3,(H,14,15,18);2-4,6H,14H2,1H3;2-4,10H,9H2,1H3. The number of sulfone groups is 3. The molecular formula is C30H27F3N10O7S3. The molecule has 53 heavy (non-hydrogen) atoms. The van der Waals surface area contributed by atoms with Crippen molar-refractivity contribution in [3.05, 3.63) is 107 Å². The number of nitrogens with zero attached hydrogens (tertiary/aromatic N) is 6. The van der Waals surface area contributed by atoms with Gasteiger partial charge in [-0.2, -0.15) is 15.5 Å². The van der Waals surface area contributed by atoms with Gasteiger partial charge in [-0.05, 0) is 54.6 Å². The summed E-state index contributed by atoms with van der Waals surface area (Å²) in [4.78, 5) is 17.6. The smallest absolute Gasteiger partial charge is 0.261 e. The second-order valence-corrected chi connectivity index (χ2v) is 16.9. The second kappa shape index (κ2) is 15.3. The lowest BCUT2D eigenvalue weighted by molar-refractivity contribution is 0.591. The fourth-order valence-corrected chi connectivity index (χ4v) is 6.19. The Bertz CT molecular complexity index is 2800. The van der Waals surface area contributed by atoms with Crippen LogP contribution in [0.15, 0.2) is 92.8 Å². The highest BCUT2D eigenvalue weighted by Crippen LogP contribution is 2.23. The number of rotatable bonds is 6. The monoisotopic (exact) mass is 792 g/mol. The molecule has 3 aromatic heterocycles. The Kier molecular flexibility index (Phi) is 11.4. The van der Waals surface area contributed by atoms with Crippen LogP contribution in [0.4, 0.5) is 24.7 Å². The zero-order valence-electron chi connectivity index (χ0n) is 27.5. The van der Waals surface area contributed by atoms with E-state index in [1.54, 1.807) is 0 Å². The maximum Gasteiger partial charge on any atom is 0.261 e. The van der Waals surface area contributed by atoms with Crippen molar-refractivity contribution in [3.8, 4) is 17.4 Å². The van der Waals surface area contributed by atoms with Crippen LogP contribution >= 0.6 is 0 Å². The summed E-state index contributed by atoms with van der Waals surface area (Å²) in [7, 11) is -10.3. The summed E-state index contributed by atoms with van der Waals surface area (Å²) in [6.45, 7) is 0. The van der Waals surface area contributed by atoms with Crippen LogP contribution in [-0.2, 0) is 29.5 Å². The molecule has 0 saturated heterocycles. The van der Waals surface area contributed by atoms with Crippen molar-refractivity contribution < 1.29 is 38.4 Å². The fraction of sp³-hybridized carbons (Fsp3) is 0.100. The quantitative estimate of drug-likeness (QED) is 0.139. The number of anilines is 2. The Morgan fingerprint density at radius 3 is 1.66 bits per heavy atom. The van der Waals surface area contributed by atoms with E-state index in [0.717, 1.165) is 46.3 Å². The number of hydrazine groups is 1. The van der Waals surface area contributed by atoms with Gasteiger partial charge in [-0.15, -0.1) is 0 Å². The average molecular weight is 793 g/mol. The van der Waals surface area contributed by atoms with E-state index in [4.69, 9.17) is 16.8 Å². The van der Waals surface area contributed by atoms with Crippen molar-refractivity contribution in [1.29, 1.82) is 5.26 Å². The van der Waals surface area contributed by atoms with Crippen LogP contribution in [0.25, 0.3) is 22.4 Å². The van der Waals surface area contributed by atoms with E-state index >= 15 is 0 Å². The molecule has 0 atom stereocenters. The first kappa shape index (κ1) is 39.7. The molecule has 0 radical (unpaired) electrons. The summed E-state index contributed by atoms with van der Waals surface area (Å²) < 4.78 is 110. The maximum atomic E-state index is 14.1. The Balaban J connectivity index is 0.000000183. The fourth-order valence-electron chi connectivity index (χ4n) is 4.29. The molecule has 278 valence electrons. The zero-order valence-corrected chi connectivity index (χ0v) is 29.9. The third-order valence-corrected chi connectivity index (χ3v) is 10.3. The third kappa shape index (κ3) is 9.05. The van der Waals surface area contributed by atoms with Crippen LogP contribution in [-0.4, -0.2) is 73.5 Å². The normalized spacial score (nSPS) is 11.5. The number of aromatic amines is 1. The molecule has 0 aliphatic rings. The highest BCUT2D eigenvalue weighted by atomic mass is 32.2. The molecule has 6 N–H and O–H groups in total. The average Bonchev–Trinajstić information content (AvgIpc) is 3.68. The number of halogens is 3. The molecular weight excluding hydrogens is 766 g/mol. The van der Waals surface area contributed by atoms with E-state index in [1.165, 1.54) is 55.1 Å². The minimum Gasteiger partial charge on any atom is -0.382 e. The molecule has 0 bridgehead atoms. The van der Waals surface area contributed by atoms with Crippen LogP contribution in [0.5, 0.6) is 0 Å². The van der Waals surface area contributed by atoms with Crippen molar-refractivity contribution in [3.63, 3.8) is 0 Å². The number of aromatic nitrogens is 6. The van der Waals surface area contributed by atoms with E-state index in [1.807, 2.05) is 6.07 Å². The SMILES string of the molecule is CS(=O)(=O)c1ccc(-n2ncc(C#N)c2N)c(F)c1.CS(=O)(=O)c1ccc(-n2ncc3c(=O)[nH]cnc32)c(F)c1.CS(=O)(=O)c1ccc(NN)c(F)c1. The first-order valence-electron chi connectivity index (χ1n) is 14.3. The summed E-state index contributed by atoms with van der Waals surface area (Å²) in [6, 6.07) is 12.1. The van der Waals surface area contributed by atoms with Crippen molar-refractivity contribution in [1.82, 2.24) is 29.5 Å². The molecule has 0 saturated carbocycles. The first-order valence-corrected chi connectivity index (χ1v) is 20.0. The molecule has 6 rings (SSSR count). The number of benzene rings is 3. The lowest BCUT2D eigenvalue weighted by Gasteiger charge is -2.07. The van der Waals surface area contributed by atoms with Crippen LogP contribution in [0, 0.1) is 28.8 Å². The second-order valence-electron chi connectivity index (χ2n) is 10.8. The molecule has 0 aliphatic carbocycles. The van der Waals surface area contributed by atoms with Gasteiger partial charge in [-0.25, -0.2) is 52.8 Å². The Labute approximate surface area is 299 Å². The lowest BCUT2D eigenvalue weighted by atomic mass is 10.3. The van der Waals surface area contributed by atoms with Gasteiger partial charge in [0.1, 0.15) is 51.7 Å². The predicted octanol–water partition coefficient (Wildman–Crippen LogP) is 2.03. The zero-order chi connectivity index (χ0) is 39.5. The molecule has 17 nitrogen and oxygen atoms in total. The van der Waals surface area contributed by atoms with Crippen LogP contribution in [0.3, 0.4) is 0 Å². The number of H-pyrrole nitrogens is 1. The minimum atomic E-state index is -3.50. The predicted molar refractivity (Wildman–Crippen MR) is 186 cm³/mol. The molecule has 0 amide bonds. The van der Waals surface area contributed by atoms with Gasteiger partial charge in [-0.1, -0.05) is 0 Å². The highest BCUT2D eigenvalue weighted by molar-refractivity contribution is 7.91. The van der Waals surface area contributed by atoms with Gasteiger partial charge < -0.3 is 16.1 Å². The van der Waals surface area contributed by atoms with Gasteiger partial charge in [0.2, 0.25) is 0 Å². The molecule has 3 heterocycles. The van der Waals surface area contributed by atoms with E-state index < -0.39 is 47.0 Å². The number of nitrogen functional groups attached to an aromatic ring is 2. The number of fused-ring (bicyclic) bond motifs is 1. The van der Waals surface area contributed by atoms with Crippen molar-refractivity contribution in [2.45, 2.75) is 14.7 Å². The van der Waals surface area contributed by atoms with Crippen LogP contribution in [0.1, 0.15) is 5.56 Å². The topological polar surface area (TPSA) is 272 Å². The molecule has 23 heteroatoms. The summed E-state index contributed by atoms with van der Waals surface area (Å²) in [5.41, 5.74) is 7.70. The number of nitriles is 1. The van der Waals surface area contributed by atoms with Gasteiger partial charge in [-0.3, -0.25) is 10.6 Å². The molecule has 6 aromatic rings. The van der Waals surface area contributed by atoms with Crippen LogP contribution < -0.4 is 22.6 Å². The molecule has 0 spiro atoms. The molecule has 3 aromatic carbocycles. The Morgan fingerprint density at radius 1 is 0.755 bits per heavy atom. The summed E-state index contributed by atoms with van der Waals surface area (Å²) >= 11 is 0. The largest absolute Gasteiger partial charge is 0.382 e. The molecule has 0 fully saturated rings. The number of hydrogen-bond acceptors (Lipinski definition) is 14. The van der Waals surface area contributed by atoms with Crippen molar-refractivity contribution >= 4 is 52.1 Å². The van der Waals surface area contributed by atoms with Gasteiger partial charge in [0.05, 0.1) is 39.1 Å². The third-order valence-electron chi connectivity index (χ3n) is 6.97. The van der Waals surface area contributed by atoms with Gasteiger partial charge in [0.25, 0.3) is 5.56 Å². The molecule has 0 unspecified atom stereocenters. The van der Waals surface area contributed by atoms with Crippen molar-refractivity contribution in [2.75, 3.05) is 29.9 Å². The Hall–Kier alpha value is -6.09. The summed E-state index contributed by atoms with van der Waals surface area (Å²) in [5.74, 6) is 2.71. The highest BCUT2D eigenvalue weighted by Gasteiger charge is 2.17. The van der Waals surface area contributed by atoms with E-state index in [-0.39, 0.29) is 59.7 Å². The maximum absolute atomic E-state index is 14.1. The Morgan fingerprint density at radius 2 is 1.23 bits per heavy atom. The summed E-state index contributed by atoms with van der Waals surface area (Å²) in [6.07, 6.45) is 6.65. The lowest BCUT2D eigenvalue weighted by Crippen LogP contribution is -2.09. The molecule has 0 aliphatic heterocycles. The van der Waals surface area contributed by atoms with E-state index in [0.29, 0.717) is 0 Å². The van der Waals surface area contributed by atoms with Crippen LogP contribution in [0.2, 0.25) is 0 Å². The van der Waals surface area contributed by atoms with Gasteiger partial charge >= 0.3 is 0 Å². The summed E-state index contributed by atoms with van der Waals surface area (Å²) in [5, 5.41) is 16.7. The van der Waals surface area contributed by atoms with E-state index in [9.17, 15) is 43.2 Å². The van der Waals surface area contributed by atoms with Gasteiger partial charge in [0, 0.05) is 18.8 Å².